The molecule has 0 spiro atoms. The Bertz CT molecular complexity index is 1750. The summed E-state index contributed by atoms with van der Waals surface area (Å²) in [6.45, 7) is 5.03. The zero-order valence-electron chi connectivity index (χ0n) is 28.0. The molecule has 1 aromatic heterocycles. The van der Waals surface area contributed by atoms with Crippen molar-refractivity contribution in [3.8, 4) is 11.6 Å². The van der Waals surface area contributed by atoms with Crippen LogP contribution in [0.15, 0.2) is 42.6 Å². The van der Waals surface area contributed by atoms with Crippen molar-refractivity contribution in [1.82, 2.24) is 19.9 Å². The molecule has 1 unspecified atom stereocenters. The number of allylic oxidation sites excluding steroid dienone is 1. The van der Waals surface area contributed by atoms with Gasteiger partial charge < -0.3 is 19.7 Å². The number of alkyl halides is 2. The van der Waals surface area contributed by atoms with Crippen molar-refractivity contribution in [1.29, 1.82) is 0 Å². The zero-order valence-corrected chi connectivity index (χ0v) is 28.8. The van der Waals surface area contributed by atoms with Crippen LogP contribution in [0.1, 0.15) is 72.1 Å². The maximum Gasteiger partial charge on any atom is 0.272 e. The van der Waals surface area contributed by atoms with E-state index in [0.717, 1.165) is 19.3 Å². The molecule has 2 N–H and O–H groups in total. The van der Waals surface area contributed by atoms with Crippen LogP contribution in [0.3, 0.4) is 0 Å². The van der Waals surface area contributed by atoms with Crippen LogP contribution in [0.4, 0.5) is 8.78 Å². The maximum absolute atomic E-state index is 14.1. The van der Waals surface area contributed by atoms with Gasteiger partial charge in [0.05, 0.1) is 17.5 Å². The van der Waals surface area contributed by atoms with Crippen molar-refractivity contribution in [2.24, 2.45) is 17.8 Å². The molecule has 0 bridgehead atoms. The van der Waals surface area contributed by atoms with Crippen molar-refractivity contribution in [3.05, 3.63) is 42.6 Å². The van der Waals surface area contributed by atoms with Gasteiger partial charge in [-0.2, -0.15) is 0 Å². The average molecular weight is 703 g/mol. The number of sulfonamides is 1. The Kier molecular flexibility index (Phi) is 9.64. The number of pyridine rings is 1. The van der Waals surface area contributed by atoms with Crippen LogP contribution >= 0.6 is 0 Å². The highest BCUT2D eigenvalue weighted by molar-refractivity contribution is 7.91. The highest BCUT2D eigenvalue weighted by atomic mass is 32.2. The molecule has 3 fully saturated rings. The first-order chi connectivity index (χ1) is 23.2. The molecule has 2 aliphatic heterocycles. The van der Waals surface area contributed by atoms with Crippen molar-refractivity contribution >= 4 is 38.5 Å². The van der Waals surface area contributed by atoms with E-state index in [1.807, 2.05) is 19.1 Å². The summed E-state index contributed by atoms with van der Waals surface area (Å²) < 4.78 is 64.6. The van der Waals surface area contributed by atoms with Gasteiger partial charge in [-0.25, -0.2) is 22.2 Å². The molecular formula is C35H44F2N4O7S. The maximum atomic E-state index is 14.1. The van der Waals surface area contributed by atoms with Crippen molar-refractivity contribution in [2.75, 3.05) is 13.2 Å². The van der Waals surface area contributed by atoms with E-state index in [1.165, 1.54) is 11.1 Å². The first-order valence-electron chi connectivity index (χ1n) is 17.0. The second-order valence-electron chi connectivity index (χ2n) is 14.5. The molecule has 6 atom stereocenters. The predicted octanol–water partition coefficient (Wildman–Crippen LogP) is 4.50. The monoisotopic (exact) mass is 702 g/mol. The minimum absolute atomic E-state index is 0.0613. The number of ether oxygens (including phenoxy) is 2. The molecule has 1 saturated heterocycles. The van der Waals surface area contributed by atoms with E-state index in [2.05, 4.69) is 21.9 Å². The Hall–Kier alpha value is -3.81. The van der Waals surface area contributed by atoms with Crippen LogP contribution in [-0.2, 0) is 24.4 Å². The van der Waals surface area contributed by atoms with Gasteiger partial charge in [-0.3, -0.25) is 19.1 Å². The van der Waals surface area contributed by atoms with E-state index in [-0.39, 0.29) is 49.3 Å². The topological polar surface area (TPSA) is 144 Å². The van der Waals surface area contributed by atoms with Crippen molar-refractivity contribution in [2.45, 2.75) is 101 Å². The number of aromatic nitrogens is 1. The fourth-order valence-electron chi connectivity index (χ4n) is 7.08. The van der Waals surface area contributed by atoms with Crippen LogP contribution in [0.2, 0.25) is 0 Å². The lowest BCUT2D eigenvalue weighted by molar-refractivity contribution is -0.140. The fourth-order valence-corrected chi connectivity index (χ4v) is 8.39. The third-order valence-electron chi connectivity index (χ3n) is 10.4. The normalized spacial score (nSPS) is 30.7. The van der Waals surface area contributed by atoms with Crippen LogP contribution in [0.5, 0.6) is 11.6 Å². The summed E-state index contributed by atoms with van der Waals surface area (Å²) in [5.41, 5.74) is -1.47. The van der Waals surface area contributed by atoms with E-state index >= 15 is 0 Å². The number of carbonyl (C=O) groups excluding carboxylic acids is 3. The quantitative estimate of drug-likeness (QED) is 0.383. The molecule has 266 valence electrons. The van der Waals surface area contributed by atoms with Crippen molar-refractivity contribution in [3.63, 3.8) is 0 Å². The Morgan fingerprint density at radius 3 is 2.59 bits per heavy atom. The molecule has 14 heteroatoms. The van der Waals surface area contributed by atoms with Crippen LogP contribution < -0.4 is 19.5 Å². The van der Waals surface area contributed by atoms with Crippen molar-refractivity contribution < 1.29 is 41.1 Å². The van der Waals surface area contributed by atoms with Crippen LogP contribution in [0.25, 0.3) is 10.8 Å². The summed E-state index contributed by atoms with van der Waals surface area (Å²) in [6.07, 6.45) is 5.78. The molecule has 3 amide bonds. The molecule has 11 nitrogen and oxygen atoms in total. The highest BCUT2D eigenvalue weighted by Gasteiger charge is 2.63. The second kappa shape index (κ2) is 13.5. The van der Waals surface area contributed by atoms with E-state index < -0.39 is 63.2 Å². The minimum atomic E-state index is -3.95. The number of amides is 3. The summed E-state index contributed by atoms with van der Waals surface area (Å²) >= 11 is 0. The third kappa shape index (κ3) is 7.39. The summed E-state index contributed by atoms with van der Waals surface area (Å²) in [5.74, 6) is -1.19. The third-order valence-corrected chi connectivity index (χ3v) is 12.5. The smallest absolute Gasteiger partial charge is 0.272 e. The average Bonchev–Trinajstić information content (AvgIpc) is 3.92. The van der Waals surface area contributed by atoms with Gasteiger partial charge in [0.1, 0.15) is 30.0 Å². The lowest BCUT2D eigenvalue weighted by Crippen LogP contribution is -2.57. The lowest BCUT2D eigenvalue weighted by Gasteiger charge is -2.28. The molecule has 2 aliphatic carbocycles. The van der Waals surface area contributed by atoms with Gasteiger partial charge in [-0.15, -0.1) is 0 Å². The summed E-state index contributed by atoms with van der Waals surface area (Å²) in [5, 5.41) is 3.92. The summed E-state index contributed by atoms with van der Waals surface area (Å²) in [4.78, 5) is 47.4. The largest absolute Gasteiger partial charge is 0.485 e. The molecule has 1 aromatic carbocycles. The molecule has 6 rings (SSSR count). The van der Waals surface area contributed by atoms with E-state index in [9.17, 15) is 31.6 Å². The number of hydrogen-bond donors (Lipinski definition) is 2. The molecule has 0 radical (unpaired) electrons. The highest BCUT2D eigenvalue weighted by Crippen LogP contribution is 2.47. The molecule has 4 aliphatic rings. The Morgan fingerprint density at radius 1 is 1.14 bits per heavy atom. The molecule has 3 heterocycles. The van der Waals surface area contributed by atoms with E-state index in [0.29, 0.717) is 29.5 Å². The molecule has 49 heavy (non-hydrogen) atoms. The van der Waals surface area contributed by atoms with E-state index in [1.54, 1.807) is 31.2 Å². The van der Waals surface area contributed by atoms with E-state index in [4.69, 9.17) is 9.47 Å². The number of nitrogens with zero attached hydrogens (tertiary/aromatic N) is 2. The second-order valence-corrected chi connectivity index (χ2v) is 16.7. The first-order valence-corrected chi connectivity index (χ1v) is 18.5. The Labute approximate surface area is 285 Å². The zero-order chi connectivity index (χ0) is 35.1. The Balaban J connectivity index is 1.27. The van der Waals surface area contributed by atoms with Crippen LogP contribution in [0, 0.1) is 17.8 Å². The van der Waals surface area contributed by atoms with Gasteiger partial charge >= 0.3 is 0 Å². The number of benzene rings is 1. The van der Waals surface area contributed by atoms with Gasteiger partial charge in [0.2, 0.25) is 27.7 Å². The standard InChI is InChI=1S/C35H44F2N4O7S/c1-21-8-4-5-9-23-17-35(23,33(44)40-49(45,46)34(3)12-13-34)39-31(43)27-16-24(19-41(27)30(42)15-22(2)14-21)48-32-26-11-7-6-10-25(26)28(18-38-32)47-20-29(36)37/h5-7,9-11,18,21-24,27,29H,4,8,12-17,19-20H2,1-3H3,(H,39,43)(H,40,44)/b9-5-/t21-,22+,23+,24?,27-,35+/m0/s1. The number of fused-ring (bicyclic) bond motifs is 3. The van der Waals surface area contributed by atoms with Crippen LogP contribution in [-0.4, -0.2) is 78.0 Å². The Morgan fingerprint density at radius 2 is 1.88 bits per heavy atom. The fraction of sp³-hybridized carbons (Fsp3) is 0.600. The van der Waals surface area contributed by atoms with Gasteiger partial charge in [0, 0.05) is 29.5 Å². The summed E-state index contributed by atoms with van der Waals surface area (Å²) in [6, 6.07) is 5.93. The first kappa shape index (κ1) is 35.0. The SMILES string of the molecule is C[C@H]1CC/C=C\[C@@H]2C[C@@]2(C(=O)NS(=O)(=O)C2(C)CC2)NC(=O)[C@@H]2CC(Oc3ncc(OCC(F)F)c4ccccc34)CN2C(=O)C[C@H](C)C1. The van der Waals surface area contributed by atoms with Gasteiger partial charge in [-0.05, 0) is 63.4 Å². The van der Waals surface area contributed by atoms with Gasteiger partial charge in [0.15, 0.2) is 0 Å². The molecular weight excluding hydrogens is 658 g/mol. The number of nitrogens with one attached hydrogen (secondary N) is 2. The summed E-state index contributed by atoms with van der Waals surface area (Å²) in [7, 11) is -3.95. The number of carbonyl (C=O) groups is 3. The molecule has 2 aromatic rings. The van der Waals surface area contributed by atoms with Gasteiger partial charge in [0.25, 0.3) is 12.3 Å². The number of hydrogen-bond acceptors (Lipinski definition) is 8. The number of halogens is 2. The number of rotatable bonds is 8. The predicted molar refractivity (Wildman–Crippen MR) is 177 cm³/mol. The molecule has 2 saturated carbocycles. The lowest BCUT2D eigenvalue weighted by atomic mass is 9.91. The van der Waals surface area contributed by atoms with Gasteiger partial charge in [-0.1, -0.05) is 44.2 Å². The minimum Gasteiger partial charge on any atom is -0.485 e.